The largest absolute Gasteiger partial charge is 0.453 e. The lowest BCUT2D eigenvalue weighted by atomic mass is 9.77. The van der Waals surface area contributed by atoms with Crippen molar-refractivity contribution in [2.24, 2.45) is 17.3 Å². The molecule has 9 heteroatoms. The molecule has 2 aromatic heterocycles. The number of hydrogen-bond acceptors (Lipinski definition) is 7. The number of aromatic nitrogens is 2. The first-order valence-corrected chi connectivity index (χ1v) is 11.2. The third-order valence-corrected chi connectivity index (χ3v) is 7.31. The van der Waals surface area contributed by atoms with E-state index >= 15 is 0 Å². The van der Waals surface area contributed by atoms with Gasteiger partial charge in [-0.3, -0.25) is 14.0 Å². The van der Waals surface area contributed by atoms with E-state index in [1.807, 2.05) is 23.6 Å². The van der Waals surface area contributed by atoms with E-state index in [4.69, 9.17) is 4.74 Å². The Hall–Kier alpha value is -2.52. The maximum Gasteiger partial charge on any atom is 0.355 e. The van der Waals surface area contributed by atoms with E-state index in [-0.39, 0.29) is 36.0 Å². The highest BCUT2D eigenvalue weighted by molar-refractivity contribution is 7.15. The number of esters is 1. The molecule has 2 aliphatic heterocycles. The lowest BCUT2D eigenvalue weighted by Gasteiger charge is -2.46. The van der Waals surface area contributed by atoms with Gasteiger partial charge in [-0.25, -0.2) is 9.78 Å². The number of β-lactam (4-membered cyclic amide) rings is 1. The average Bonchev–Trinajstić information content (AvgIpc) is 3.31. The zero-order valence-corrected chi connectivity index (χ0v) is 19.3. The number of aliphatic hydroxyl groups excluding tert-OH is 1. The first-order valence-electron chi connectivity index (χ1n) is 10.3. The number of carbonyl (C=O) groups is 3. The van der Waals surface area contributed by atoms with E-state index in [1.165, 1.54) is 16.2 Å². The molecule has 0 saturated carbocycles. The third kappa shape index (κ3) is 3.22. The Kier molecular flexibility index (Phi) is 5.09. The number of Topliss-reactive ketones (excluding diaryl/α,β-unsaturated/α-hetero) is 1. The summed E-state index contributed by atoms with van der Waals surface area (Å²) in [5.41, 5.74) is 1.85. The average molecular weight is 446 g/mol. The van der Waals surface area contributed by atoms with E-state index in [1.54, 1.807) is 34.0 Å². The molecule has 2 aliphatic rings. The van der Waals surface area contributed by atoms with Gasteiger partial charge in [0.15, 0.2) is 12.4 Å². The predicted molar refractivity (Wildman–Crippen MR) is 115 cm³/mol. The molecule has 2 aromatic rings. The number of amides is 1. The van der Waals surface area contributed by atoms with E-state index in [0.717, 1.165) is 16.2 Å². The normalized spacial score (nSPS) is 24.4. The molecule has 1 fully saturated rings. The van der Waals surface area contributed by atoms with Crippen LogP contribution in [0.2, 0.25) is 0 Å². The van der Waals surface area contributed by atoms with Crippen LogP contribution in [0.15, 0.2) is 17.4 Å². The van der Waals surface area contributed by atoms with Crippen molar-refractivity contribution >= 4 is 39.4 Å². The Balaban J connectivity index is 1.77. The molecule has 31 heavy (non-hydrogen) atoms. The first kappa shape index (κ1) is 21.7. The molecule has 0 aliphatic carbocycles. The molecule has 166 valence electrons. The number of rotatable bonds is 5. The summed E-state index contributed by atoms with van der Waals surface area (Å²) in [6.07, 6.45) is 0.875. The number of nitrogens with zero attached hydrogens (tertiary/aromatic N) is 3. The van der Waals surface area contributed by atoms with Crippen molar-refractivity contribution in [1.29, 1.82) is 0 Å². The van der Waals surface area contributed by atoms with Crippen molar-refractivity contribution in [2.45, 2.75) is 53.7 Å². The molecule has 0 aromatic carbocycles. The van der Waals surface area contributed by atoms with E-state index in [9.17, 15) is 19.5 Å². The number of fused-ring (bicyclic) bond motifs is 2. The van der Waals surface area contributed by atoms with Crippen LogP contribution in [-0.4, -0.2) is 55.8 Å². The minimum Gasteiger partial charge on any atom is -0.453 e. The van der Waals surface area contributed by atoms with E-state index in [2.05, 4.69) is 4.98 Å². The highest BCUT2D eigenvalue weighted by atomic mass is 32.1. The zero-order valence-electron chi connectivity index (χ0n) is 18.5. The second-order valence-corrected chi connectivity index (χ2v) is 10.2. The van der Waals surface area contributed by atoms with Crippen LogP contribution in [0.1, 0.15) is 46.0 Å². The summed E-state index contributed by atoms with van der Waals surface area (Å²) in [5, 5.41) is 12.1. The summed E-state index contributed by atoms with van der Waals surface area (Å²) in [7, 11) is 0. The van der Waals surface area contributed by atoms with Gasteiger partial charge in [0.1, 0.15) is 16.9 Å². The van der Waals surface area contributed by atoms with Crippen LogP contribution in [0.4, 0.5) is 0 Å². The van der Waals surface area contributed by atoms with Gasteiger partial charge in [0.2, 0.25) is 5.91 Å². The molecule has 1 amide bonds. The monoisotopic (exact) mass is 445 g/mol. The van der Waals surface area contributed by atoms with Crippen molar-refractivity contribution in [1.82, 2.24) is 14.3 Å². The Bertz CT molecular complexity index is 1120. The molecule has 0 bridgehead atoms. The van der Waals surface area contributed by atoms with Gasteiger partial charge in [0.25, 0.3) is 0 Å². The molecule has 4 heterocycles. The second kappa shape index (κ2) is 7.27. The molecule has 0 spiro atoms. The Morgan fingerprint density at radius 1 is 1.35 bits per heavy atom. The van der Waals surface area contributed by atoms with Crippen molar-refractivity contribution < 1.29 is 24.2 Å². The van der Waals surface area contributed by atoms with Crippen LogP contribution < -0.4 is 0 Å². The third-order valence-electron chi connectivity index (χ3n) is 6.25. The van der Waals surface area contributed by atoms with Gasteiger partial charge in [0.05, 0.1) is 29.5 Å². The Morgan fingerprint density at radius 2 is 2.03 bits per heavy atom. The molecule has 8 nitrogen and oxygen atoms in total. The lowest BCUT2D eigenvalue weighted by molar-refractivity contribution is -0.164. The molecular weight excluding hydrogens is 418 g/mol. The fourth-order valence-corrected chi connectivity index (χ4v) is 5.36. The number of ketones is 1. The smallest absolute Gasteiger partial charge is 0.355 e. The number of ether oxygens (including phenoxy) is 1. The molecular formula is C22H27N3O5S. The fourth-order valence-electron chi connectivity index (χ4n) is 4.41. The highest BCUT2D eigenvalue weighted by Gasteiger charge is 2.60. The van der Waals surface area contributed by atoms with Gasteiger partial charge in [-0.05, 0) is 13.8 Å². The number of thiazole rings is 1. The van der Waals surface area contributed by atoms with Gasteiger partial charge < -0.3 is 14.7 Å². The Morgan fingerprint density at radius 3 is 2.65 bits per heavy atom. The van der Waals surface area contributed by atoms with Crippen molar-refractivity contribution in [3.8, 4) is 0 Å². The van der Waals surface area contributed by atoms with E-state index in [0.29, 0.717) is 5.57 Å². The first-order chi connectivity index (χ1) is 14.4. The van der Waals surface area contributed by atoms with Crippen molar-refractivity contribution in [3.05, 3.63) is 28.8 Å². The number of carbonyl (C=O) groups excluding carboxylic acids is 3. The maximum absolute atomic E-state index is 13.2. The van der Waals surface area contributed by atoms with Crippen LogP contribution >= 0.6 is 11.3 Å². The number of imidazole rings is 1. The van der Waals surface area contributed by atoms with Crippen LogP contribution in [0.3, 0.4) is 0 Å². The number of hydrogen-bond donors (Lipinski definition) is 1. The van der Waals surface area contributed by atoms with Crippen molar-refractivity contribution in [2.75, 3.05) is 6.61 Å². The molecule has 0 unspecified atom stereocenters. The van der Waals surface area contributed by atoms with Crippen LogP contribution in [0.25, 0.3) is 10.4 Å². The summed E-state index contributed by atoms with van der Waals surface area (Å²) in [5.74, 6) is -1.98. The molecule has 4 rings (SSSR count). The van der Waals surface area contributed by atoms with Gasteiger partial charge in [-0.1, -0.05) is 27.7 Å². The molecule has 1 saturated heterocycles. The summed E-state index contributed by atoms with van der Waals surface area (Å²) in [6.45, 7) is 10.4. The lowest BCUT2D eigenvalue weighted by Crippen LogP contribution is -2.63. The van der Waals surface area contributed by atoms with E-state index < -0.39 is 23.4 Å². The summed E-state index contributed by atoms with van der Waals surface area (Å²) in [6, 6.07) is -0.331. The molecule has 4 atom stereocenters. The summed E-state index contributed by atoms with van der Waals surface area (Å²) >= 11 is 1.51. The van der Waals surface area contributed by atoms with Crippen LogP contribution in [-0.2, 0) is 19.1 Å². The summed E-state index contributed by atoms with van der Waals surface area (Å²) in [4.78, 5) is 45.1. The van der Waals surface area contributed by atoms with Gasteiger partial charge >= 0.3 is 5.97 Å². The van der Waals surface area contributed by atoms with Crippen LogP contribution in [0, 0.1) is 24.2 Å². The van der Waals surface area contributed by atoms with Crippen molar-refractivity contribution in [3.63, 3.8) is 0 Å². The number of aliphatic hydroxyl groups is 1. The Labute approximate surface area is 184 Å². The predicted octanol–water partition coefficient (Wildman–Crippen LogP) is 2.43. The maximum atomic E-state index is 13.2. The van der Waals surface area contributed by atoms with Crippen LogP contribution in [0.5, 0.6) is 0 Å². The highest BCUT2D eigenvalue weighted by Crippen LogP contribution is 2.51. The SMILES string of the molecule is Cc1ncn2c(C3=C(C(=O)OCC(=O)C(C)(C)C)N4C(=O)[C@H]([C@@H](C)O)[C@H]4[C@H]3C)csc12. The molecule has 0 radical (unpaired) electrons. The topological polar surface area (TPSA) is 101 Å². The minimum absolute atomic E-state index is 0.159. The minimum atomic E-state index is -0.826. The van der Waals surface area contributed by atoms with Gasteiger partial charge in [-0.2, -0.15) is 0 Å². The quantitative estimate of drug-likeness (QED) is 0.560. The standard InChI is InChI=1S/C22H27N3O5S/c1-10-15(13-8-31-20-11(2)23-9-24(13)20)18(21(29)30-7-14(27)22(4,5)6)25-17(10)16(12(3)26)19(25)28/h8-10,12,16-17,26H,7H2,1-6H3/t10-,12+,16+,17+/m0/s1. The number of aryl methyl sites for hydroxylation is 1. The summed E-state index contributed by atoms with van der Waals surface area (Å²) < 4.78 is 7.29. The van der Waals surface area contributed by atoms with Gasteiger partial charge in [0, 0.05) is 22.3 Å². The van der Waals surface area contributed by atoms with Gasteiger partial charge in [-0.15, -0.1) is 11.3 Å². The molecule has 1 N–H and O–H groups in total. The zero-order chi connectivity index (χ0) is 22.8. The second-order valence-electron chi connectivity index (χ2n) is 9.39. The fraction of sp³-hybridized carbons (Fsp3) is 0.545.